The molecule has 0 aliphatic heterocycles. The van der Waals surface area contributed by atoms with Crippen LogP contribution in [0.5, 0.6) is 5.75 Å². The molecule has 1 N–H and O–H groups in total. The zero-order valence-corrected chi connectivity index (χ0v) is 13.4. The molecule has 0 bridgehead atoms. The largest absolute Gasteiger partial charge is 0.492 e. The summed E-state index contributed by atoms with van der Waals surface area (Å²) in [6, 6.07) is 5.63. The van der Waals surface area contributed by atoms with Crippen LogP contribution in [0, 0.1) is 13.8 Å². The first-order valence-corrected chi connectivity index (χ1v) is 7.71. The van der Waals surface area contributed by atoms with E-state index in [4.69, 9.17) is 21.4 Å². The molecule has 1 aromatic carbocycles. The third-order valence-corrected chi connectivity index (χ3v) is 4.44. The van der Waals surface area contributed by atoms with Gasteiger partial charge in [-0.25, -0.2) is 4.98 Å². The Morgan fingerprint density at radius 3 is 2.90 bits per heavy atom. The van der Waals surface area contributed by atoms with E-state index in [-0.39, 0.29) is 6.42 Å². The van der Waals surface area contributed by atoms with Crippen molar-refractivity contribution in [2.24, 2.45) is 0 Å². The van der Waals surface area contributed by atoms with Crippen molar-refractivity contribution in [1.29, 1.82) is 0 Å². The van der Waals surface area contributed by atoms with Gasteiger partial charge in [0.1, 0.15) is 5.75 Å². The number of halogens is 1. The van der Waals surface area contributed by atoms with Crippen LogP contribution in [0.4, 0.5) is 0 Å². The minimum Gasteiger partial charge on any atom is -0.492 e. The summed E-state index contributed by atoms with van der Waals surface area (Å²) in [5.74, 6) is -0.174. The van der Waals surface area contributed by atoms with E-state index in [9.17, 15) is 4.79 Å². The normalized spacial score (nSPS) is 10.6. The van der Waals surface area contributed by atoms with Crippen molar-refractivity contribution < 1.29 is 14.6 Å². The second kappa shape index (κ2) is 6.91. The highest BCUT2D eigenvalue weighted by Crippen LogP contribution is 2.26. The van der Waals surface area contributed by atoms with Crippen molar-refractivity contribution in [2.45, 2.75) is 26.7 Å². The molecule has 0 amide bonds. The number of aromatic nitrogens is 1. The number of aliphatic carboxylic acids is 1. The van der Waals surface area contributed by atoms with Crippen LogP contribution in [0.2, 0.25) is 5.02 Å². The van der Waals surface area contributed by atoms with Gasteiger partial charge in [-0.1, -0.05) is 17.7 Å². The fourth-order valence-corrected chi connectivity index (χ4v) is 3.08. The molecule has 21 heavy (non-hydrogen) atoms. The lowest BCUT2D eigenvalue weighted by molar-refractivity contribution is -0.136. The maximum atomic E-state index is 10.7. The van der Waals surface area contributed by atoms with E-state index in [1.165, 1.54) is 11.3 Å². The van der Waals surface area contributed by atoms with Gasteiger partial charge in [-0.2, -0.15) is 0 Å². The van der Waals surface area contributed by atoms with Gasteiger partial charge in [-0.05, 0) is 31.5 Å². The van der Waals surface area contributed by atoms with Crippen molar-refractivity contribution in [3.63, 3.8) is 0 Å². The number of hydrogen-bond donors (Lipinski definition) is 1. The van der Waals surface area contributed by atoms with E-state index in [0.29, 0.717) is 23.8 Å². The first-order valence-electron chi connectivity index (χ1n) is 6.51. The van der Waals surface area contributed by atoms with Crippen LogP contribution in [0.25, 0.3) is 0 Å². The lowest BCUT2D eigenvalue weighted by Crippen LogP contribution is -2.01. The third kappa shape index (κ3) is 4.44. The van der Waals surface area contributed by atoms with Crippen molar-refractivity contribution in [2.75, 3.05) is 6.61 Å². The number of ether oxygens (including phenoxy) is 1. The van der Waals surface area contributed by atoms with Gasteiger partial charge in [0.05, 0.1) is 28.8 Å². The fraction of sp³-hybridized carbons (Fsp3) is 0.333. The lowest BCUT2D eigenvalue weighted by Gasteiger charge is -2.07. The van der Waals surface area contributed by atoms with Gasteiger partial charge in [-0.3, -0.25) is 4.79 Å². The molecule has 0 atom stereocenters. The van der Waals surface area contributed by atoms with Crippen LogP contribution in [0.1, 0.15) is 21.1 Å². The third-order valence-electron chi connectivity index (χ3n) is 2.91. The van der Waals surface area contributed by atoms with Gasteiger partial charge in [0, 0.05) is 11.3 Å². The van der Waals surface area contributed by atoms with E-state index in [2.05, 4.69) is 4.98 Å². The minimum absolute atomic E-state index is 0.0219. The van der Waals surface area contributed by atoms with Crippen LogP contribution >= 0.6 is 22.9 Å². The van der Waals surface area contributed by atoms with E-state index >= 15 is 0 Å². The van der Waals surface area contributed by atoms with Crippen molar-refractivity contribution in [3.05, 3.63) is 44.4 Å². The van der Waals surface area contributed by atoms with Gasteiger partial charge in [0.2, 0.25) is 0 Å². The summed E-state index contributed by atoms with van der Waals surface area (Å²) >= 11 is 7.49. The molecule has 112 valence electrons. The Hall–Kier alpha value is -1.59. The number of hydrogen-bond acceptors (Lipinski definition) is 4. The zero-order chi connectivity index (χ0) is 15.4. The molecule has 0 aliphatic carbocycles. The number of thiazole rings is 1. The van der Waals surface area contributed by atoms with E-state index in [1.54, 1.807) is 0 Å². The SMILES string of the molecule is Cc1ccc(Cl)c(OCCc2nc(C)c(CC(=O)O)s2)c1. The van der Waals surface area contributed by atoms with Gasteiger partial charge in [0.15, 0.2) is 0 Å². The lowest BCUT2D eigenvalue weighted by atomic mass is 10.2. The average molecular weight is 326 g/mol. The maximum Gasteiger partial charge on any atom is 0.308 e. The molecule has 4 nitrogen and oxygen atoms in total. The zero-order valence-electron chi connectivity index (χ0n) is 11.9. The molecule has 0 aliphatic rings. The standard InChI is InChI=1S/C15H16ClNO3S/c1-9-3-4-11(16)12(7-9)20-6-5-14-17-10(2)13(21-14)8-15(18)19/h3-4,7H,5-6,8H2,1-2H3,(H,18,19). The number of carbonyl (C=O) groups is 1. The Balaban J connectivity index is 1.94. The van der Waals surface area contributed by atoms with Crippen molar-refractivity contribution in [1.82, 2.24) is 4.98 Å². The number of benzene rings is 1. The van der Waals surface area contributed by atoms with Crippen LogP contribution in [-0.2, 0) is 17.6 Å². The molecule has 2 rings (SSSR count). The second-order valence-electron chi connectivity index (χ2n) is 4.72. The smallest absolute Gasteiger partial charge is 0.308 e. The van der Waals surface area contributed by atoms with E-state index in [0.717, 1.165) is 21.1 Å². The molecular weight excluding hydrogens is 310 g/mol. The monoisotopic (exact) mass is 325 g/mol. The summed E-state index contributed by atoms with van der Waals surface area (Å²) in [6.45, 7) is 4.27. The number of nitrogens with zero attached hydrogens (tertiary/aromatic N) is 1. The number of aryl methyl sites for hydroxylation is 2. The van der Waals surface area contributed by atoms with Crippen LogP contribution in [0.15, 0.2) is 18.2 Å². The Labute approximate surface area is 132 Å². The summed E-state index contributed by atoms with van der Waals surface area (Å²) in [7, 11) is 0. The van der Waals surface area contributed by atoms with Gasteiger partial charge < -0.3 is 9.84 Å². The summed E-state index contributed by atoms with van der Waals surface area (Å²) < 4.78 is 5.67. The molecule has 6 heteroatoms. The number of rotatable bonds is 6. The first kappa shape index (κ1) is 15.8. The highest BCUT2D eigenvalue weighted by atomic mass is 35.5. The molecule has 1 aromatic heterocycles. The Morgan fingerprint density at radius 1 is 1.43 bits per heavy atom. The van der Waals surface area contributed by atoms with Gasteiger partial charge in [0.25, 0.3) is 0 Å². The van der Waals surface area contributed by atoms with Crippen molar-refractivity contribution in [3.8, 4) is 5.75 Å². The predicted molar refractivity (Wildman–Crippen MR) is 83.6 cm³/mol. The molecule has 0 saturated heterocycles. The van der Waals surface area contributed by atoms with E-state index in [1.807, 2.05) is 32.0 Å². The Morgan fingerprint density at radius 2 is 2.19 bits per heavy atom. The average Bonchev–Trinajstić information content (AvgIpc) is 2.73. The maximum absolute atomic E-state index is 10.7. The molecule has 0 fully saturated rings. The summed E-state index contributed by atoms with van der Waals surface area (Å²) in [5.41, 5.74) is 1.87. The summed E-state index contributed by atoms with van der Waals surface area (Å²) in [5, 5.41) is 10.3. The second-order valence-corrected chi connectivity index (χ2v) is 6.29. The Bertz CT molecular complexity index is 654. The summed E-state index contributed by atoms with van der Waals surface area (Å²) in [4.78, 5) is 15.9. The quantitative estimate of drug-likeness (QED) is 0.880. The Kier molecular flexibility index (Phi) is 5.20. The van der Waals surface area contributed by atoms with Gasteiger partial charge in [-0.15, -0.1) is 11.3 Å². The van der Waals surface area contributed by atoms with Crippen LogP contribution in [0.3, 0.4) is 0 Å². The first-order chi connectivity index (χ1) is 9.95. The van der Waals surface area contributed by atoms with Gasteiger partial charge >= 0.3 is 5.97 Å². The minimum atomic E-state index is -0.837. The highest BCUT2D eigenvalue weighted by Gasteiger charge is 2.11. The number of carboxylic acid groups (broad SMARTS) is 1. The van der Waals surface area contributed by atoms with Crippen LogP contribution in [-0.4, -0.2) is 22.7 Å². The number of carboxylic acids is 1. The molecule has 0 unspecified atom stereocenters. The molecule has 1 heterocycles. The topological polar surface area (TPSA) is 59.4 Å². The fourth-order valence-electron chi connectivity index (χ4n) is 1.87. The highest BCUT2D eigenvalue weighted by molar-refractivity contribution is 7.11. The van der Waals surface area contributed by atoms with Crippen molar-refractivity contribution >= 4 is 28.9 Å². The molecule has 0 saturated carbocycles. The molecule has 0 spiro atoms. The molecule has 0 radical (unpaired) electrons. The predicted octanol–water partition coefficient (Wildman–Crippen LogP) is 3.66. The molecule has 2 aromatic rings. The molecular formula is C15H16ClNO3S. The van der Waals surface area contributed by atoms with E-state index < -0.39 is 5.97 Å². The van der Waals surface area contributed by atoms with Crippen LogP contribution < -0.4 is 4.74 Å². The summed E-state index contributed by atoms with van der Waals surface area (Å²) in [6.07, 6.45) is 0.656.